The van der Waals surface area contributed by atoms with E-state index >= 15 is 0 Å². The Bertz CT molecular complexity index is 441. The lowest BCUT2D eigenvalue weighted by molar-refractivity contribution is -0.136. The monoisotopic (exact) mass is 250 g/mol. The van der Waals surface area contributed by atoms with Crippen LogP contribution < -0.4 is 5.32 Å². The molecule has 0 unspecified atom stereocenters. The number of benzene rings is 1. The van der Waals surface area contributed by atoms with E-state index in [0.29, 0.717) is 17.8 Å². The minimum Gasteiger partial charge on any atom is -0.481 e. The predicted octanol–water partition coefficient (Wildman–Crippen LogP) is 2.56. The summed E-state index contributed by atoms with van der Waals surface area (Å²) in [6.07, 6.45) is 0.0377. The van der Waals surface area contributed by atoms with Gasteiger partial charge in [0.1, 0.15) is 6.07 Å². The number of rotatable bonds is 6. The largest absolute Gasteiger partial charge is 0.481 e. The van der Waals surface area contributed by atoms with Gasteiger partial charge in [-0.05, 0) is 17.9 Å². The highest BCUT2D eigenvalue weighted by atomic mass is 32.2. The van der Waals surface area contributed by atoms with Crippen molar-refractivity contribution in [2.75, 3.05) is 17.6 Å². The maximum absolute atomic E-state index is 10.4. The topological polar surface area (TPSA) is 73.1 Å². The van der Waals surface area contributed by atoms with Gasteiger partial charge >= 0.3 is 5.97 Å². The van der Waals surface area contributed by atoms with Gasteiger partial charge in [-0.25, -0.2) is 0 Å². The zero-order chi connectivity index (χ0) is 12.7. The van der Waals surface area contributed by atoms with E-state index in [0.717, 1.165) is 10.6 Å². The number of carboxylic acid groups (broad SMARTS) is 1. The molecule has 0 amide bonds. The lowest BCUT2D eigenvalue weighted by atomic mass is 10.2. The summed E-state index contributed by atoms with van der Waals surface area (Å²) in [4.78, 5) is 11.3. The van der Waals surface area contributed by atoms with Crippen molar-refractivity contribution in [3.05, 3.63) is 23.8 Å². The number of nitrogens with one attached hydrogen (secondary N) is 1. The molecular formula is C12H14N2O2S. The SMILES string of the molecule is CCSc1cccc(NCCC(=O)O)c1C#N. The number of carbonyl (C=O) groups is 1. The molecule has 0 saturated heterocycles. The van der Waals surface area contributed by atoms with Crippen LogP contribution in [0.25, 0.3) is 0 Å². The molecule has 0 radical (unpaired) electrons. The normalized spacial score (nSPS) is 9.65. The van der Waals surface area contributed by atoms with Crippen LogP contribution in [0.5, 0.6) is 0 Å². The van der Waals surface area contributed by atoms with Gasteiger partial charge in [0.2, 0.25) is 0 Å². The van der Waals surface area contributed by atoms with Crippen LogP contribution in [0.3, 0.4) is 0 Å². The summed E-state index contributed by atoms with van der Waals surface area (Å²) >= 11 is 1.60. The molecule has 0 aliphatic rings. The smallest absolute Gasteiger partial charge is 0.305 e. The maximum atomic E-state index is 10.4. The Labute approximate surface area is 105 Å². The summed E-state index contributed by atoms with van der Waals surface area (Å²) in [5.41, 5.74) is 1.29. The van der Waals surface area contributed by atoms with Crippen LogP contribution in [-0.4, -0.2) is 23.4 Å². The summed E-state index contributed by atoms with van der Waals surface area (Å²) in [5.74, 6) is 0.0443. The zero-order valence-electron chi connectivity index (χ0n) is 9.56. The van der Waals surface area contributed by atoms with Gasteiger partial charge in [-0.3, -0.25) is 4.79 Å². The molecule has 0 fully saturated rings. The number of nitriles is 1. The zero-order valence-corrected chi connectivity index (χ0v) is 10.4. The van der Waals surface area contributed by atoms with E-state index in [2.05, 4.69) is 11.4 Å². The Morgan fingerprint density at radius 2 is 2.35 bits per heavy atom. The van der Waals surface area contributed by atoms with Gasteiger partial charge in [0.05, 0.1) is 17.7 Å². The minimum atomic E-state index is -0.852. The van der Waals surface area contributed by atoms with Crippen LogP contribution >= 0.6 is 11.8 Å². The molecule has 2 N–H and O–H groups in total. The Balaban J connectivity index is 2.81. The van der Waals surface area contributed by atoms with E-state index in [4.69, 9.17) is 10.4 Å². The summed E-state index contributed by atoms with van der Waals surface area (Å²) in [6.45, 7) is 2.35. The first-order chi connectivity index (χ1) is 8.19. The molecule has 0 aromatic heterocycles. The molecule has 0 spiro atoms. The second-order valence-corrected chi connectivity index (χ2v) is 4.60. The standard InChI is InChI=1S/C12H14N2O2S/c1-2-17-11-5-3-4-10(9(11)8-13)14-7-6-12(15)16/h3-5,14H,2,6-7H2,1H3,(H,15,16). The van der Waals surface area contributed by atoms with Crippen LogP contribution in [0.4, 0.5) is 5.69 Å². The maximum Gasteiger partial charge on any atom is 0.305 e. The van der Waals surface area contributed by atoms with Gasteiger partial charge in [0.25, 0.3) is 0 Å². The molecular weight excluding hydrogens is 236 g/mol. The highest BCUT2D eigenvalue weighted by Crippen LogP contribution is 2.27. The second-order valence-electron chi connectivity index (χ2n) is 3.29. The third-order valence-corrected chi connectivity index (χ3v) is 3.03. The lowest BCUT2D eigenvalue weighted by Crippen LogP contribution is -2.08. The van der Waals surface area contributed by atoms with Crippen molar-refractivity contribution in [1.82, 2.24) is 0 Å². The van der Waals surface area contributed by atoms with E-state index in [1.807, 2.05) is 19.1 Å². The molecule has 90 valence electrons. The summed E-state index contributed by atoms with van der Waals surface area (Å²) in [6, 6.07) is 7.71. The number of carboxylic acids is 1. The molecule has 4 nitrogen and oxygen atoms in total. The minimum absolute atomic E-state index is 0.0377. The van der Waals surface area contributed by atoms with Gasteiger partial charge in [-0.2, -0.15) is 5.26 Å². The van der Waals surface area contributed by atoms with Crippen molar-refractivity contribution in [3.8, 4) is 6.07 Å². The number of nitrogens with zero attached hydrogens (tertiary/aromatic N) is 1. The van der Waals surface area contributed by atoms with Crippen LogP contribution in [0, 0.1) is 11.3 Å². The van der Waals surface area contributed by atoms with Crippen LogP contribution in [0.2, 0.25) is 0 Å². The lowest BCUT2D eigenvalue weighted by Gasteiger charge is -2.09. The van der Waals surface area contributed by atoms with Crippen molar-refractivity contribution < 1.29 is 9.90 Å². The summed E-state index contributed by atoms with van der Waals surface area (Å²) in [7, 11) is 0. The Morgan fingerprint density at radius 3 is 2.94 bits per heavy atom. The molecule has 0 heterocycles. The van der Waals surface area contributed by atoms with Crippen LogP contribution in [0.15, 0.2) is 23.1 Å². The fourth-order valence-electron chi connectivity index (χ4n) is 1.37. The molecule has 1 aromatic carbocycles. The Morgan fingerprint density at radius 1 is 1.59 bits per heavy atom. The van der Waals surface area contributed by atoms with Gasteiger partial charge in [-0.1, -0.05) is 13.0 Å². The van der Waals surface area contributed by atoms with Gasteiger partial charge in [-0.15, -0.1) is 11.8 Å². The molecule has 1 aromatic rings. The highest BCUT2D eigenvalue weighted by molar-refractivity contribution is 7.99. The van der Waals surface area contributed by atoms with E-state index in [1.165, 1.54) is 0 Å². The van der Waals surface area contributed by atoms with Crippen LogP contribution in [0.1, 0.15) is 18.9 Å². The van der Waals surface area contributed by atoms with Gasteiger partial charge in [0.15, 0.2) is 0 Å². The first kappa shape index (κ1) is 13.4. The van der Waals surface area contributed by atoms with Crippen molar-refractivity contribution in [1.29, 1.82) is 5.26 Å². The third kappa shape index (κ3) is 4.00. The third-order valence-electron chi connectivity index (χ3n) is 2.09. The van der Waals surface area contributed by atoms with Gasteiger partial charge < -0.3 is 10.4 Å². The molecule has 17 heavy (non-hydrogen) atoms. The molecule has 0 aliphatic heterocycles. The summed E-state index contributed by atoms with van der Waals surface area (Å²) in [5, 5.41) is 20.6. The Kier molecular flexibility index (Phi) is 5.37. The van der Waals surface area contributed by atoms with E-state index < -0.39 is 5.97 Å². The van der Waals surface area contributed by atoms with E-state index in [1.54, 1.807) is 17.8 Å². The Hall–Kier alpha value is -1.67. The molecule has 0 atom stereocenters. The van der Waals surface area contributed by atoms with Crippen molar-refractivity contribution in [2.45, 2.75) is 18.2 Å². The first-order valence-corrected chi connectivity index (χ1v) is 6.29. The van der Waals surface area contributed by atoms with Crippen molar-refractivity contribution in [2.24, 2.45) is 0 Å². The fraction of sp³-hybridized carbons (Fsp3) is 0.333. The number of anilines is 1. The number of aliphatic carboxylic acids is 1. The molecule has 0 bridgehead atoms. The number of thioether (sulfide) groups is 1. The second kappa shape index (κ2) is 6.81. The van der Waals surface area contributed by atoms with Gasteiger partial charge in [0, 0.05) is 11.4 Å². The van der Waals surface area contributed by atoms with Crippen molar-refractivity contribution >= 4 is 23.4 Å². The molecule has 5 heteroatoms. The van der Waals surface area contributed by atoms with E-state index in [-0.39, 0.29) is 6.42 Å². The fourth-order valence-corrected chi connectivity index (χ4v) is 2.16. The number of hydrogen-bond donors (Lipinski definition) is 2. The average molecular weight is 250 g/mol. The molecule has 1 rings (SSSR count). The predicted molar refractivity (Wildman–Crippen MR) is 68.3 cm³/mol. The molecule has 0 aliphatic carbocycles. The average Bonchev–Trinajstić information content (AvgIpc) is 2.29. The number of hydrogen-bond acceptors (Lipinski definition) is 4. The van der Waals surface area contributed by atoms with Crippen LogP contribution in [-0.2, 0) is 4.79 Å². The molecule has 0 saturated carbocycles. The highest BCUT2D eigenvalue weighted by Gasteiger charge is 2.07. The van der Waals surface area contributed by atoms with Crippen molar-refractivity contribution in [3.63, 3.8) is 0 Å². The van der Waals surface area contributed by atoms with E-state index in [9.17, 15) is 4.79 Å². The first-order valence-electron chi connectivity index (χ1n) is 5.30. The quantitative estimate of drug-likeness (QED) is 0.759. The summed E-state index contributed by atoms with van der Waals surface area (Å²) < 4.78 is 0.